The number of benzene rings is 1. The zero-order valence-electron chi connectivity index (χ0n) is 8.31. The van der Waals surface area contributed by atoms with E-state index in [-0.39, 0.29) is 5.78 Å². The summed E-state index contributed by atoms with van der Waals surface area (Å²) in [5, 5.41) is 1.95. The maximum atomic E-state index is 11.8. The number of hydrogen-bond acceptors (Lipinski definition) is 2. The minimum Gasteiger partial charge on any atom is -0.294 e. The van der Waals surface area contributed by atoms with Crippen LogP contribution < -0.4 is 0 Å². The molecule has 0 atom stereocenters. The summed E-state index contributed by atoms with van der Waals surface area (Å²) >= 11 is 0. The van der Waals surface area contributed by atoms with E-state index in [1.165, 1.54) is 0 Å². The molecule has 0 aliphatic carbocycles. The van der Waals surface area contributed by atoms with Gasteiger partial charge in [-0.1, -0.05) is 24.3 Å². The maximum Gasteiger partial charge on any atom is 0.167 e. The summed E-state index contributed by atoms with van der Waals surface area (Å²) in [5.41, 5.74) is 0.723. The first kappa shape index (κ1) is 9.59. The van der Waals surface area contributed by atoms with Crippen molar-refractivity contribution in [1.82, 2.24) is 4.98 Å². The lowest BCUT2D eigenvalue weighted by Crippen LogP contribution is -1.98. The predicted molar refractivity (Wildman–Crippen MR) is 60.9 cm³/mol. The van der Waals surface area contributed by atoms with Crippen molar-refractivity contribution in [3.8, 4) is 0 Å². The minimum absolute atomic E-state index is 0.0867. The smallest absolute Gasteiger partial charge is 0.167 e. The molecule has 1 aromatic heterocycles. The molecular weight excluding hydrogens is 186 g/mol. The summed E-state index contributed by atoms with van der Waals surface area (Å²) in [6.07, 6.45) is 5.45. The van der Waals surface area contributed by atoms with Gasteiger partial charge in [0.1, 0.15) is 0 Å². The van der Waals surface area contributed by atoms with E-state index < -0.39 is 0 Å². The molecule has 1 aromatic carbocycles. The summed E-state index contributed by atoms with van der Waals surface area (Å²) in [5.74, 6) is 0.0867. The molecule has 0 amide bonds. The van der Waals surface area contributed by atoms with Crippen molar-refractivity contribution in [3.05, 3.63) is 54.9 Å². The van der Waals surface area contributed by atoms with E-state index in [9.17, 15) is 4.79 Å². The van der Waals surface area contributed by atoms with Crippen LogP contribution in [0.25, 0.3) is 10.8 Å². The van der Waals surface area contributed by atoms with E-state index in [1.807, 2.05) is 24.3 Å². The van der Waals surface area contributed by atoms with Crippen molar-refractivity contribution in [2.75, 3.05) is 0 Å². The van der Waals surface area contributed by atoms with Gasteiger partial charge in [-0.3, -0.25) is 9.78 Å². The number of carbonyl (C=O) groups is 1. The Kier molecular flexibility index (Phi) is 2.59. The molecule has 0 unspecified atom stereocenters. The third-order valence-corrected chi connectivity index (χ3v) is 2.31. The van der Waals surface area contributed by atoms with Crippen LogP contribution in [0.2, 0.25) is 0 Å². The SMILES string of the molecule is C=CCC(=O)c1cccc2ccncc12. The van der Waals surface area contributed by atoms with Crippen molar-refractivity contribution in [2.45, 2.75) is 6.42 Å². The molecule has 1 heterocycles. The topological polar surface area (TPSA) is 30.0 Å². The van der Waals surface area contributed by atoms with E-state index in [2.05, 4.69) is 11.6 Å². The molecule has 2 aromatic rings. The van der Waals surface area contributed by atoms with E-state index in [4.69, 9.17) is 0 Å². The van der Waals surface area contributed by atoms with Crippen LogP contribution in [0.1, 0.15) is 16.8 Å². The van der Waals surface area contributed by atoms with Crippen LogP contribution >= 0.6 is 0 Å². The van der Waals surface area contributed by atoms with Crippen LogP contribution in [-0.4, -0.2) is 10.8 Å². The molecule has 0 saturated carbocycles. The number of allylic oxidation sites excluding steroid dienone is 1. The lowest BCUT2D eigenvalue weighted by Gasteiger charge is -2.03. The van der Waals surface area contributed by atoms with Gasteiger partial charge in [0.2, 0.25) is 0 Å². The Morgan fingerprint density at radius 2 is 2.27 bits per heavy atom. The van der Waals surface area contributed by atoms with Gasteiger partial charge in [0.25, 0.3) is 0 Å². The van der Waals surface area contributed by atoms with Crippen LogP contribution in [0.4, 0.5) is 0 Å². The third-order valence-electron chi connectivity index (χ3n) is 2.31. The number of fused-ring (bicyclic) bond motifs is 1. The average molecular weight is 197 g/mol. The Labute approximate surface area is 88.3 Å². The van der Waals surface area contributed by atoms with Gasteiger partial charge >= 0.3 is 0 Å². The van der Waals surface area contributed by atoms with Crippen molar-refractivity contribution in [3.63, 3.8) is 0 Å². The Morgan fingerprint density at radius 1 is 1.40 bits per heavy atom. The van der Waals surface area contributed by atoms with Crippen molar-refractivity contribution >= 4 is 16.6 Å². The number of pyridine rings is 1. The fourth-order valence-corrected chi connectivity index (χ4v) is 1.60. The summed E-state index contributed by atoms with van der Waals surface area (Å²) in [6.45, 7) is 3.57. The number of rotatable bonds is 3. The first-order valence-corrected chi connectivity index (χ1v) is 4.80. The number of aromatic nitrogens is 1. The molecule has 0 saturated heterocycles. The number of Topliss-reactive ketones (excluding diaryl/α,β-unsaturated/α-hetero) is 1. The summed E-state index contributed by atoms with van der Waals surface area (Å²) in [4.78, 5) is 15.8. The summed E-state index contributed by atoms with van der Waals surface area (Å²) < 4.78 is 0. The van der Waals surface area contributed by atoms with Crippen LogP contribution in [-0.2, 0) is 0 Å². The zero-order valence-corrected chi connectivity index (χ0v) is 8.31. The highest BCUT2D eigenvalue weighted by molar-refractivity contribution is 6.08. The summed E-state index contributed by atoms with van der Waals surface area (Å²) in [6, 6.07) is 7.59. The molecule has 0 aliphatic rings. The molecule has 74 valence electrons. The van der Waals surface area contributed by atoms with E-state index >= 15 is 0 Å². The van der Waals surface area contributed by atoms with Gasteiger partial charge < -0.3 is 0 Å². The molecule has 2 heteroatoms. The largest absolute Gasteiger partial charge is 0.294 e. The molecule has 0 spiro atoms. The van der Waals surface area contributed by atoms with Crippen molar-refractivity contribution < 1.29 is 4.79 Å². The molecule has 2 nitrogen and oxygen atoms in total. The van der Waals surface area contributed by atoms with Gasteiger partial charge in [0.15, 0.2) is 5.78 Å². The summed E-state index contributed by atoms with van der Waals surface area (Å²) in [7, 11) is 0. The van der Waals surface area contributed by atoms with Gasteiger partial charge in [0, 0.05) is 29.8 Å². The van der Waals surface area contributed by atoms with Crippen LogP contribution in [0, 0.1) is 0 Å². The molecule has 15 heavy (non-hydrogen) atoms. The zero-order chi connectivity index (χ0) is 10.7. The number of carbonyl (C=O) groups excluding carboxylic acids is 1. The van der Waals surface area contributed by atoms with Crippen molar-refractivity contribution in [1.29, 1.82) is 0 Å². The van der Waals surface area contributed by atoms with Gasteiger partial charge in [0.05, 0.1) is 0 Å². The Morgan fingerprint density at radius 3 is 3.07 bits per heavy atom. The monoisotopic (exact) mass is 197 g/mol. The van der Waals surface area contributed by atoms with Gasteiger partial charge in [-0.25, -0.2) is 0 Å². The molecule has 0 fully saturated rings. The van der Waals surface area contributed by atoms with Gasteiger partial charge in [-0.2, -0.15) is 0 Å². The second-order valence-electron chi connectivity index (χ2n) is 3.32. The minimum atomic E-state index is 0.0867. The predicted octanol–water partition coefficient (Wildman–Crippen LogP) is 2.99. The molecule has 2 rings (SSSR count). The second-order valence-corrected chi connectivity index (χ2v) is 3.32. The second kappa shape index (κ2) is 4.05. The van der Waals surface area contributed by atoms with Crippen LogP contribution in [0.15, 0.2) is 49.3 Å². The molecular formula is C13H11NO. The fourth-order valence-electron chi connectivity index (χ4n) is 1.60. The Hall–Kier alpha value is -1.96. The Bertz CT molecular complexity index is 511. The average Bonchev–Trinajstić information content (AvgIpc) is 2.28. The normalized spacial score (nSPS) is 10.1. The molecule has 0 bridgehead atoms. The van der Waals surface area contributed by atoms with Crippen LogP contribution in [0.3, 0.4) is 0 Å². The number of ketones is 1. The first-order chi connectivity index (χ1) is 7.33. The molecule has 0 N–H and O–H groups in total. The quantitative estimate of drug-likeness (QED) is 0.559. The van der Waals surface area contributed by atoms with Gasteiger partial charge in [-0.15, -0.1) is 6.58 Å². The number of nitrogens with zero attached hydrogens (tertiary/aromatic N) is 1. The Balaban J connectivity index is 2.60. The standard InChI is InChI=1S/C13H11NO/c1-2-4-13(15)11-6-3-5-10-7-8-14-9-12(10)11/h2-3,5-9H,1,4H2. The lowest BCUT2D eigenvalue weighted by molar-refractivity contribution is 0.0997. The van der Waals surface area contributed by atoms with E-state index in [0.717, 1.165) is 16.3 Å². The lowest BCUT2D eigenvalue weighted by atomic mass is 10.0. The van der Waals surface area contributed by atoms with Gasteiger partial charge in [-0.05, 0) is 11.5 Å². The third kappa shape index (κ3) is 1.79. The highest BCUT2D eigenvalue weighted by Crippen LogP contribution is 2.18. The van der Waals surface area contributed by atoms with E-state index in [0.29, 0.717) is 6.42 Å². The van der Waals surface area contributed by atoms with E-state index in [1.54, 1.807) is 18.5 Å². The fraction of sp³-hybridized carbons (Fsp3) is 0.0769. The highest BCUT2D eigenvalue weighted by atomic mass is 16.1. The molecule has 0 aliphatic heterocycles. The van der Waals surface area contributed by atoms with Crippen molar-refractivity contribution in [2.24, 2.45) is 0 Å². The first-order valence-electron chi connectivity index (χ1n) is 4.80. The maximum absolute atomic E-state index is 11.8. The van der Waals surface area contributed by atoms with Crippen LogP contribution in [0.5, 0.6) is 0 Å². The number of hydrogen-bond donors (Lipinski definition) is 0. The highest BCUT2D eigenvalue weighted by Gasteiger charge is 2.07. The molecule has 0 radical (unpaired) electrons.